The van der Waals surface area contributed by atoms with Crippen LogP contribution in [0.5, 0.6) is 0 Å². The van der Waals surface area contributed by atoms with Crippen LogP contribution < -0.4 is 10.6 Å². The average Bonchev–Trinajstić information content (AvgIpc) is 2.56. The lowest BCUT2D eigenvalue weighted by atomic mass is 10.1. The molecular weight excluding hydrogens is 307 g/mol. The fraction of sp³-hybridized carbons (Fsp3) is 0.263. The number of carbonyl (C=O) groups excluding carboxylic acids is 2. The normalized spacial score (nSPS) is 10.5. The molecule has 0 aliphatic heterocycles. The Morgan fingerprint density at radius 1 is 0.917 bits per heavy atom. The minimum absolute atomic E-state index is 0.0620. The molecule has 126 valence electrons. The quantitative estimate of drug-likeness (QED) is 0.856. The van der Waals surface area contributed by atoms with Crippen molar-refractivity contribution in [3.63, 3.8) is 0 Å². The van der Waals surface area contributed by atoms with Gasteiger partial charge in [0.1, 0.15) is 5.82 Å². The molecule has 2 aromatic rings. The predicted octanol–water partition coefficient (Wildman–Crippen LogP) is 2.94. The first-order chi connectivity index (χ1) is 11.5. The molecule has 4 nitrogen and oxygen atoms in total. The van der Waals surface area contributed by atoms with Gasteiger partial charge >= 0.3 is 0 Å². The van der Waals surface area contributed by atoms with Gasteiger partial charge in [-0.05, 0) is 62.2 Å². The van der Waals surface area contributed by atoms with E-state index >= 15 is 0 Å². The molecular formula is C19H21FN2O2. The van der Waals surface area contributed by atoms with E-state index < -0.39 is 0 Å². The highest BCUT2D eigenvalue weighted by atomic mass is 19.1. The molecule has 0 atom stereocenters. The summed E-state index contributed by atoms with van der Waals surface area (Å²) in [6.07, 6.45) is 0.626. The Morgan fingerprint density at radius 3 is 2.00 bits per heavy atom. The lowest BCUT2D eigenvalue weighted by Crippen LogP contribution is -2.30. The average molecular weight is 328 g/mol. The molecule has 0 spiro atoms. The maximum atomic E-state index is 12.8. The van der Waals surface area contributed by atoms with Gasteiger partial charge in [0.25, 0.3) is 11.8 Å². The van der Waals surface area contributed by atoms with E-state index in [1.807, 2.05) is 13.8 Å². The third-order valence-corrected chi connectivity index (χ3v) is 3.44. The third-order valence-electron chi connectivity index (χ3n) is 3.44. The zero-order valence-electron chi connectivity index (χ0n) is 13.8. The predicted molar refractivity (Wildman–Crippen MR) is 91.5 cm³/mol. The number of carbonyl (C=O) groups is 2. The highest BCUT2D eigenvalue weighted by Crippen LogP contribution is 2.06. The summed E-state index contributed by atoms with van der Waals surface area (Å²) in [5, 5.41) is 5.61. The maximum absolute atomic E-state index is 12.8. The zero-order chi connectivity index (χ0) is 17.5. The van der Waals surface area contributed by atoms with E-state index in [4.69, 9.17) is 0 Å². The van der Waals surface area contributed by atoms with Crippen LogP contribution in [0.2, 0.25) is 0 Å². The largest absolute Gasteiger partial charge is 0.352 e. The van der Waals surface area contributed by atoms with E-state index in [0.717, 1.165) is 5.56 Å². The van der Waals surface area contributed by atoms with Crippen molar-refractivity contribution in [1.82, 2.24) is 10.6 Å². The summed E-state index contributed by atoms with van der Waals surface area (Å²) in [5.41, 5.74) is 1.97. The zero-order valence-corrected chi connectivity index (χ0v) is 13.8. The second-order valence-electron chi connectivity index (χ2n) is 5.84. The van der Waals surface area contributed by atoms with Gasteiger partial charge in [-0.2, -0.15) is 0 Å². The first-order valence-electron chi connectivity index (χ1n) is 7.89. The Balaban J connectivity index is 1.86. The van der Waals surface area contributed by atoms with E-state index in [-0.39, 0.29) is 23.7 Å². The van der Waals surface area contributed by atoms with Gasteiger partial charge in [0.2, 0.25) is 0 Å². The van der Waals surface area contributed by atoms with Crippen molar-refractivity contribution in [1.29, 1.82) is 0 Å². The van der Waals surface area contributed by atoms with Crippen LogP contribution in [0.1, 0.15) is 40.1 Å². The second kappa shape index (κ2) is 8.24. The number of nitrogens with one attached hydrogen (secondary N) is 2. The number of halogens is 1. The van der Waals surface area contributed by atoms with Gasteiger partial charge in [-0.15, -0.1) is 0 Å². The van der Waals surface area contributed by atoms with E-state index in [1.165, 1.54) is 12.1 Å². The van der Waals surface area contributed by atoms with Crippen LogP contribution >= 0.6 is 0 Å². The van der Waals surface area contributed by atoms with Crippen molar-refractivity contribution in [3.05, 3.63) is 71.0 Å². The van der Waals surface area contributed by atoms with Gasteiger partial charge in [0, 0.05) is 23.7 Å². The molecule has 0 aliphatic carbocycles. The molecule has 24 heavy (non-hydrogen) atoms. The van der Waals surface area contributed by atoms with Gasteiger partial charge in [0.15, 0.2) is 0 Å². The number of hydrogen-bond acceptors (Lipinski definition) is 2. The summed E-state index contributed by atoms with van der Waals surface area (Å²) in [5.74, 6) is -0.634. The van der Waals surface area contributed by atoms with E-state index in [0.29, 0.717) is 24.1 Å². The van der Waals surface area contributed by atoms with Crippen LogP contribution in [0.4, 0.5) is 4.39 Å². The van der Waals surface area contributed by atoms with Crippen molar-refractivity contribution < 1.29 is 14.0 Å². The van der Waals surface area contributed by atoms with Crippen LogP contribution in [0.25, 0.3) is 0 Å². The molecule has 2 N–H and O–H groups in total. The standard InChI is InChI=1S/C19H21FN2O2/c1-13(2)22-19(24)16-7-5-15(6-8-16)18(23)21-12-11-14-3-9-17(20)10-4-14/h3-10,13H,11-12H2,1-2H3,(H,21,23)(H,22,24). The van der Waals surface area contributed by atoms with Crippen molar-refractivity contribution in [3.8, 4) is 0 Å². The highest BCUT2D eigenvalue weighted by molar-refractivity contribution is 5.97. The van der Waals surface area contributed by atoms with Crippen LogP contribution in [0.3, 0.4) is 0 Å². The molecule has 2 rings (SSSR count). The lowest BCUT2D eigenvalue weighted by molar-refractivity contribution is 0.0935. The summed E-state index contributed by atoms with van der Waals surface area (Å²) in [6.45, 7) is 4.24. The Labute approximate surface area is 141 Å². The lowest BCUT2D eigenvalue weighted by Gasteiger charge is -2.09. The Kier molecular flexibility index (Phi) is 6.07. The van der Waals surface area contributed by atoms with Gasteiger partial charge in [-0.1, -0.05) is 12.1 Å². The summed E-state index contributed by atoms with van der Waals surface area (Å²) < 4.78 is 12.8. The molecule has 2 amide bonds. The minimum atomic E-state index is -0.274. The van der Waals surface area contributed by atoms with Crippen LogP contribution in [-0.4, -0.2) is 24.4 Å². The number of amides is 2. The summed E-state index contributed by atoms with van der Waals surface area (Å²) in [4.78, 5) is 23.9. The molecule has 0 unspecified atom stereocenters. The van der Waals surface area contributed by atoms with Crippen molar-refractivity contribution >= 4 is 11.8 Å². The highest BCUT2D eigenvalue weighted by Gasteiger charge is 2.09. The Hall–Kier alpha value is -2.69. The maximum Gasteiger partial charge on any atom is 0.251 e. The fourth-order valence-corrected chi connectivity index (χ4v) is 2.19. The topological polar surface area (TPSA) is 58.2 Å². The van der Waals surface area contributed by atoms with Crippen molar-refractivity contribution in [2.24, 2.45) is 0 Å². The van der Waals surface area contributed by atoms with E-state index in [1.54, 1.807) is 36.4 Å². The van der Waals surface area contributed by atoms with Gasteiger partial charge in [-0.3, -0.25) is 9.59 Å². The summed E-state index contributed by atoms with van der Waals surface area (Å²) >= 11 is 0. The van der Waals surface area contributed by atoms with Gasteiger partial charge < -0.3 is 10.6 Å². The smallest absolute Gasteiger partial charge is 0.251 e. The summed E-state index contributed by atoms with van der Waals surface area (Å²) in [6, 6.07) is 12.8. The second-order valence-corrected chi connectivity index (χ2v) is 5.84. The molecule has 0 radical (unpaired) electrons. The van der Waals surface area contributed by atoms with Crippen LogP contribution in [0, 0.1) is 5.82 Å². The summed E-state index contributed by atoms with van der Waals surface area (Å²) in [7, 11) is 0. The Bertz CT molecular complexity index is 694. The molecule has 0 fully saturated rings. The van der Waals surface area contributed by atoms with E-state index in [2.05, 4.69) is 10.6 Å². The monoisotopic (exact) mass is 328 g/mol. The number of benzene rings is 2. The SMILES string of the molecule is CC(C)NC(=O)c1ccc(C(=O)NCCc2ccc(F)cc2)cc1. The van der Waals surface area contributed by atoms with Crippen molar-refractivity contribution in [2.45, 2.75) is 26.3 Å². The van der Waals surface area contributed by atoms with Gasteiger partial charge in [0.05, 0.1) is 0 Å². The minimum Gasteiger partial charge on any atom is -0.352 e. The molecule has 0 bridgehead atoms. The molecule has 2 aromatic carbocycles. The van der Waals surface area contributed by atoms with E-state index in [9.17, 15) is 14.0 Å². The van der Waals surface area contributed by atoms with Gasteiger partial charge in [-0.25, -0.2) is 4.39 Å². The first kappa shape index (κ1) is 17.7. The number of rotatable bonds is 6. The Morgan fingerprint density at radius 2 is 1.46 bits per heavy atom. The molecule has 0 heterocycles. The third kappa shape index (κ3) is 5.19. The molecule has 0 aliphatic rings. The van der Waals surface area contributed by atoms with Crippen molar-refractivity contribution in [2.75, 3.05) is 6.54 Å². The molecule has 5 heteroatoms. The van der Waals surface area contributed by atoms with Crippen LogP contribution in [0.15, 0.2) is 48.5 Å². The fourth-order valence-electron chi connectivity index (χ4n) is 2.19. The number of hydrogen-bond donors (Lipinski definition) is 2. The molecule has 0 saturated carbocycles. The first-order valence-corrected chi connectivity index (χ1v) is 7.89. The molecule has 0 aromatic heterocycles. The molecule has 0 saturated heterocycles. The van der Waals surface area contributed by atoms with Crippen LogP contribution in [-0.2, 0) is 6.42 Å².